The molecule has 0 saturated carbocycles. The topological polar surface area (TPSA) is 41.5 Å². The second-order valence-electron chi connectivity index (χ2n) is 4.77. The first-order valence-corrected chi connectivity index (χ1v) is 7.48. The minimum absolute atomic E-state index is 0.233. The van der Waals surface area contributed by atoms with Gasteiger partial charge in [-0.3, -0.25) is 0 Å². The molecule has 1 aromatic rings. The molecule has 0 aliphatic carbocycles. The lowest BCUT2D eigenvalue weighted by molar-refractivity contribution is 0.263. The van der Waals surface area contributed by atoms with Crippen molar-refractivity contribution in [2.24, 2.45) is 0 Å². The molecule has 0 radical (unpaired) electrons. The molecule has 0 saturated heterocycles. The fraction of sp³-hybridized carbons (Fsp3) is 0.467. The largest absolute Gasteiger partial charge is 0.489 e. The average Bonchev–Trinajstić information content (AvgIpc) is 2.43. The molecule has 0 spiro atoms. The van der Waals surface area contributed by atoms with Crippen LogP contribution in [0.3, 0.4) is 0 Å². The first kappa shape index (κ1) is 14.6. The normalized spacial score (nSPS) is 15.4. The number of nitrogens with one attached hydrogen (secondary N) is 1. The second-order valence-corrected chi connectivity index (χ2v) is 5.69. The van der Waals surface area contributed by atoms with E-state index in [9.17, 15) is 0 Å². The second kappa shape index (κ2) is 7.08. The Labute approximate surface area is 122 Å². The zero-order valence-corrected chi connectivity index (χ0v) is 12.7. The van der Waals surface area contributed by atoms with Gasteiger partial charge in [-0.1, -0.05) is 22.9 Å². The van der Waals surface area contributed by atoms with Crippen molar-refractivity contribution in [2.45, 2.75) is 25.8 Å². The molecule has 0 fully saturated rings. The molecule has 0 amide bonds. The Hall–Kier alpha value is -0.840. The maximum atomic E-state index is 8.98. The number of halogens is 1. The summed E-state index contributed by atoms with van der Waals surface area (Å²) in [6, 6.07) is 6.42. The van der Waals surface area contributed by atoms with Gasteiger partial charge in [0.1, 0.15) is 12.4 Å². The Bertz CT molecular complexity index is 459. The molecule has 2 N–H and O–H groups in total. The first-order chi connectivity index (χ1) is 9.22. The molecule has 19 heavy (non-hydrogen) atoms. The van der Waals surface area contributed by atoms with Crippen molar-refractivity contribution < 1.29 is 9.84 Å². The molecule has 1 aliphatic rings. The summed E-state index contributed by atoms with van der Waals surface area (Å²) in [5, 5.41) is 12.4. The van der Waals surface area contributed by atoms with Crippen molar-refractivity contribution in [3.8, 4) is 5.75 Å². The van der Waals surface area contributed by atoms with Crippen molar-refractivity contribution in [3.63, 3.8) is 0 Å². The summed E-state index contributed by atoms with van der Waals surface area (Å²) in [6.45, 7) is 3.81. The predicted molar refractivity (Wildman–Crippen MR) is 81.4 cm³/mol. The number of hydrogen-bond acceptors (Lipinski definition) is 3. The predicted octanol–water partition coefficient (Wildman–Crippen LogP) is 2.98. The van der Waals surface area contributed by atoms with Crippen LogP contribution in [-0.4, -0.2) is 30.9 Å². The van der Waals surface area contributed by atoms with Crippen molar-refractivity contribution >= 4 is 22.0 Å². The van der Waals surface area contributed by atoms with Crippen molar-refractivity contribution in [3.05, 3.63) is 33.8 Å². The SMILES string of the molecule is CCC(CCO)NCC1=Cc2cc(Br)ccc2OC1. The Balaban J connectivity index is 1.99. The molecule has 1 aromatic carbocycles. The van der Waals surface area contributed by atoms with Crippen LogP contribution in [0.2, 0.25) is 0 Å². The monoisotopic (exact) mass is 325 g/mol. The number of ether oxygens (including phenoxy) is 1. The van der Waals surface area contributed by atoms with Crippen LogP contribution in [0.25, 0.3) is 6.08 Å². The smallest absolute Gasteiger partial charge is 0.127 e. The highest BCUT2D eigenvalue weighted by Gasteiger charge is 2.13. The van der Waals surface area contributed by atoms with E-state index >= 15 is 0 Å². The highest BCUT2D eigenvalue weighted by atomic mass is 79.9. The summed E-state index contributed by atoms with van der Waals surface area (Å²) in [7, 11) is 0. The number of rotatable bonds is 6. The van der Waals surface area contributed by atoms with Crippen LogP contribution in [0.5, 0.6) is 5.75 Å². The first-order valence-electron chi connectivity index (χ1n) is 6.69. The third-order valence-electron chi connectivity index (χ3n) is 3.33. The van der Waals surface area contributed by atoms with E-state index in [0.717, 1.165) is 35.2 Å². The molecule has 0 bridgehead atoms. The van der Waals surface area contributed by atoms with Crippen LogP contribution in [0, 0.1) is 0 Å². The van der Waals surface area contributed by atoms with E-state index in [1.807, 2.05) is 12.1 Å². The van der Waals surface area contributed by atoms with Crippen LogP contribution in [0.4, 0.5) is 0 Å². The lowest BCUT2D eigenvalue weighted by Crippen LogP contribution is -2.32. The summed E-state index contributed by atoms with van der Waals surface area (Å²) < 4.78 is 6.80. The third kappa shape index (κ3) is 4.06. The quantitative estimate of drug-likeness (QED) is 0.844. The van der Waals surface area contributed by atoms with Crippen molar-refractivity contribution in [2.75, 3.05) is 19.8 Å². The Morgan fingerprint density at radius 1 is 1.47 bits per heavy atom. The molecular formula is C15H20BrNO2. The summed E-state index contributed by atoms with van der Waals surface area (Å²) in [4.78, 5) is 0. The summed E-state index contributed by atoms with van der Waals surface area (Å²) in [6.07, 6.45) is 4.01. The minimum Gasteiger partial charge on any atom is -0.489 e. The Kier molecular flexibility index (Phi) is 5.43. The van der Waals surface area contributed by atoms with Crippen LogP contribution < -0.4 is 10.1 Å². The van der Waals surface area contributed by atoms with Gasteiger partial charge >= 0.3 is 0 Å². The molecule has 3 nitrogen and oxygen atoms in total. The van der Waals surface area contributed by atoms with Crippen LogP contribution in [0.1, 0.15) is 25.3 Å². The molecule has 4 heteroatoms. The zero-order chi connectivity index (χ0) is 13.7. The minimum atomic E-state index is 0.233. The molecule has 1 atom stereocenters. The number of aliphatic hydroxyl groups is 1. The van der Waals surface area contributed by atoms with Gasteiger partial charge in [-0.05, 0) is 42.7 Å². The molecular weight excluding hydrogens is 306 g/mol. The Morgan fingerprint density at radius 2 is 2.32 bits per heavy atom. The van der Waals surface area contributed by atoms with Gasteiger partial charge in [0.2, 0.25) is 0 Å². The van der Waals surface area contributed by atoms with Gasteiger partial charge in [-0.2, -0.15) is 0 Å². The van der Waals surface area contributed by atoms with Gasteiger partial charge in [-0.15, -0.1) is 0 Å². The zero-order valence-electron chi connectivity index (χ0n) is 11.2. The number of benzene rings is 1. The third-order valence-corrected chi connectivity index (χ3v) is 3.83. The summed E-state index contributed by atoms with van der Waals surface area (Å²) in [5.41, 5.74) is 2.36. The lowest BCUT2D eigenvalue weighted by Gasteiger charge is -2.21. The van der Waals surface area contributed by atoms with Gasteiger partial charge < -0.3 is 15.2 Å². The maximum absolute atomic E-state index is 8.98. The lowest BCUT2D eigenvalue weighted by atomic mass is 10.1. The van der Waals surface area contributed by atoms with E-state index in [4.69, 9.17) is 9.84 Å². The van der Waals surface area contributed by atoms with Gasteiger partial charge in [-0.25, -0.2) is 0 Å². The molecule has 0 aromatic heterocycles. The van der Waals surface area contributed by atoms with Crippen LogP contribution in [0.15, 0.2) is 28.2 Å². The van der Waals surface area contributed by atoms with Crippen LogP contribution in [-0.2, 0) is 0 Å². The summed E-state index contributed by atoms with van der Waals surface area (Å²) in [5.74, 6) is 0.939. The molecule has 1 unspecified atom stereocenters. The van der Waals surface area contributed by atoms with E-state index in [0.29, 0.717) is 12.6 Å². The Morgan fingerprint density at radius 3 is 3.05 bits per heavy atom. The average molecular weight is 326 g/mol. The highest BCUT2D eigenvalue weighted by Crippen LogP contribution is 2.28. The number of hydrogen-bond donors (Lipinski definition) is 2. The molecule has 104 valence electrons. The number of fused-ring (bicyclic) bond motifs is 1. The molecule has 2 rings (SSSR count). The van der Waals surface area contributed by atoms with E-state index in [1.165, 1.54) is 5.57 Å². The van der Waals surface area contributed by atoms with Crippen molar-refractivity contribution in [1.82, 2.24) is 5.32 Å². The van der Waals surface area contributed by atoms with Gasteiger partial charge in [0.25, 0.3) is 0 Å². The maximum Gasteiger partial charge on any atom is 0.127 e. The standard InChI is InChI=1S/C15H20BrNO2/c1-2-14(5-6-18)17-9-11-7-12-8-13(16)3-4-15(12)19-10-11/h3-4,7-8,14,17-18H,2,5-6,9-10H2,1H3. The molecule has 1 heterocycles. The van der Waals surface area contributed by atoms with E-state index in [-0.39, 0.29) is 6.61 Å². The van der Waals surface area contributed by atoms with E-state index < -0.39 is 0 Å². The summed E-state index contributed by atoms with van der Waals surface area (Å²) >= 11 is 3.48. The molecule has 1 aliphatic heterocycles. The van der Waals surface area contributed by atoms with Crippen molar-refractivity contribution in [1.29, 1.82) is 0 Å². The van der Waals surface area contributed by atoms with Gasteiger partial charge in [0.15, 0.2) is 0 Å². The van der Waals surface area contributed by atoms with Gasteiger partial charge in [0, 0.05) is 29.2 Å². The van der Waals surface area contributed by atoms with Crippen LogP contribution >= 0.6 is 15.9 Å². The fourth-order valence-corrected chi connectivity index (χ4v) is 2.56. The highest BCUT2D eigenvalue weighted by molar-refractivity contribution is 9.10. The fourth-order valence-electron chi connectivity index (χ4n) is 2.18. The van der Waals surface area contributed by atoms with E-state index in [1.54, 1.807) is 0 Å². The van der Waals surface area contributed by atoms with E-state index in [2.05, 4.69) is 40.3 Å². The number of aliphatic hydroxyl groups excluding tert-OH is 1. The van der Waals surface area contributed by atoms with Gasteiger partial charge in [0.05, 0.1) is 0 Å².